The molecular formula is C25H28N2O2. The van der Waals surface area contributed by atoms with Gasteiger partial charge in [0.15, 0.2) is 6.10 Å². The van der Waals surface area contributed by atoms with Crippen molar-refractivity contribution in [2.45, 2.75) is 45.6 Å². The molecule has 1 aromatic heterocycles. The first-order valence-corrected chi connectivity index (χ1v) is 9.87. The lowest BCUT2D eigenvalue weighted by Gasteiger charge is -2.20. The van der Waals surface area contributed by atoms with Gasteiger partial charge in [-0.25, -0.2) is 0 Å². The van der Waals surface area contributed by atoms with E-state index in [2.05, 4.69) is 31.1 Å². The molecule has 3 rings (SSSR count). The molecule has 0 saturated heterocycles. The van der Waals surface area contributed by atoms with Crippen LogP contribution in [0, 0.1) is 0 Å². The summed E-state index contributed by atoms with van der Waals surface area (Å²) in [7, 11) is 0. The fraction of sp³-hybridized carbons (Fsp3) is 0.280. The van der Waals surface area contributed by atoms with Crippen LogP contribution in [0.4, 0.5) is 5.69 Å². The molecule has 0 radical (unpaired) electrons. The normalized spacial score (nSPS) is 12.3. The number of carbonyl (C=O) groups is 1. The lowest BCUT2D eigenvalue weighted by atomic mass is 9.87. The average molecular weight is 389 g/mol. The number of amides is 1. The van der Waals surface area contributed by atoms with E-state index in [1.807, 2.05) is 60.7 Å². The number of anilines is 1. The Morgan fingerprint density at radius 3 is 2.10 bits per heavy atom. The van der Waals surface area contributed by atoms with Gasteiger partial charge in [-0.3, -0.25) is 9.78 Å². The molecule has 0 aliphatic heterocycles. The summed E-state index contributed by atoms with van der Waals surface area (Å²) in [6.07, 6.45) is 3.83. The molecule has 1 unspecified atom stereocenters. The fourth-order valence-corrected chi connectivity index (χ4v) is 2.98. The standard InChI is InChI=1S/C25H28N2O2/c1-18(29-23-11-7-21(8-12-23)25(2,3)4)24(28)27-22-9-5-19(6-10-22)17-20-13-15-26-16-14-20/h5-16,18H,17H2,1-4H3,(H,27,28). The van der Waals surface area contributed by atoms with Gasteiger partial charge in [-0.1, -0.05) is 45.0 Å². The Labute approximate surface area is 173 Å². The number of ether oxygens (including phenoxy) is 1. The zero-order chi connectivity index (χ0) is 20.9. The number of benzene rings is 2. The van der Waals surface area contributed by atoms with Crippen LogP contribution in [0.5, 0.6) is 5.75 Å². The van der Waals surface area contributed by atoms with E-state index in [-0.39, 0.29) is 11.3 Å². The van der Waals surface area contributed by atoms with Crippen LogP contribution in [0.2, 0.25) is 0 Å². The summed E-state index contributed by atoms with van der Waals surface area (Å²) in [5, 5.41) is 2.91. The molecule has 0 saturated carbocycles. The second kappa shape index (κ2) is 8.91. The molecule has 4 heteroatoms. The van der Waals surface area contributed by atoms with E-state index in [0.29, 0.717) is 5.75 Å². The first-order chi connectivity index (χ1) is 13.8. The van der Waals surface area contributed by atoms with E-state index in [4.69, 9.17) is 4.74 Å². The Kier molecular flexibility index (Phi) is 6.32. The van der Waals surface area contributed by atoms with Crippen LogP contribution in [0.1, 0.15) is 44.4 Å². The summed E-state index contributed by atoms with van der Waals surface area (Å²) in [6.45, 7) is 8.26. The van der Waals surface area contributed by atoms with Crippen molar-refractivity contribution in [3.05, 3.63) is 89.7 Å². The van der Waals surface area contributed by atoms with Gasteiger partial charge in [0.2, 0.25) is 0 Å². The van der Waals surface area contributed by atoms with Crippen molar-refractivity contribution >= 4 is 11.6 Å². The lowest BCUT2D eigenvalue weighted by molar-refractivity contribution is -0.122. The highest BCUT2D eigenvalue weighted by molar-refractivity contribution is 5.94. The van der Waals surface area contributed by atoms with E-state index < -0.39 is 6.10 Å². The van der Waals surface area contributed by atoms with Gasteiger partial charge in [0.05, 0.1) is 0 Å². The molecule has 4 nitrogen and oxygen atoms in total. The fourth-order valence-electron chi connectivity index (χ4n) is 2.98. The quantitative estimate of drug-likeness (QED) is 0.617. The maximum atomic E-state index is 12.5. The summed E-state index contributed by atoms with van der Waals surface area (Å²) in [5.74, 6) is 0.514. The number of carbonyl (C=O) groups excluding carboxylic acids is 1. The van der Waals surface area contributed by atoms with Crippen molar-refractivity contribution in [2.75, 3.05) is 5.32 Å². The van der Waals surface area contributed by atoms with Crippen molar-refractivity contribution in [1.82, 2.24) is 4.98 Å². The van der Waals surface area contributed by atoms with Crippen molar-refractivity contribution in [1.29, 1.82) is 0 Å². The van der Waals surface area contributed by atoms with Gasteiger partial charge in [-0.2, -0.15) is 0 Å². The number of rotatable bonds is 6. The second-order valence-corrected chi connectivity index (χ2v) is 8.25. The molecule has 2 aromatic carbocycles. The monoisotopic (exact) mass is 388 g/mol. The molecule has 0 fully saturated rings. The summed E-state index contributed by atoms with van der Waals surface area (Å²) in [5.41, 5.74) is 4.46. The summed E-state index contributed by atoms with van der Waals surface area (Å²) in [4.78, 5) is 16.5. The minimum Gasteiger partial charge on any atom is -0.481 e. The van der Waals surface area contributed by atoms with Crippen LogP contribution in [0.3, 0.4) is 0 Å². The molecule has 1 atom stereocenters. The third-order valence-electron chi connectivity index (χ3n) is 4.78. The van der Waals surface area contributed by atoms with E-state index in [1.165, 1.54) is 16.7 Å². The second-order valence-electron chi connectivity index (χ2n) is 8.25. The molecule has 1 amide bonds. The minimum absolute atomic E-state index is 0.0884. The van der Waals surface area contributed by atoms with Gasteiger partial charge in [0, 0.05) is 18.1 Å². The number of nitrogens with zero attached hydrogens (tertiary/aromatic N) is 1. The van der Waals surface area contributed by atoms with Gasteiger partial charge < -0.3 is 10.1 Å². The van der Waals surface area contributed by atoms with Gasteiger partial charge in [-0.15, -0.1) is 0 Å². The summed E-state index contributed by atoms with van der Waals surface area (Å²) >= 11 is 0. The zero-order valence-corrected chi connectivity index (χ0v) is 17.5. The number of nitrogens with one attached hydrogen (secondary N) is 1. The summed E-state index contributed by atoms with van der Waals surface area (Å²) < 4.78 is 5.80. The highest BCUT2D eigenvalue weighted by Crippen LogP contribution is 2.24. The number of hydrogen-bond donors (Lipinski definition) is 1. The molecule has 0 aliphatic rings. The summed E-state index contributed by atoms with van der Waals surface area (Å²) in [6, 6.07) is 19.8. The van der Waals surface area contributed by atoms with Gasteiger partial charge in [-0.05, 0) is 71.8 Å². The van der Waals surface area contributed by atoms with Crippen molar-refractivity contribution in [3.63, 3.8) is 0 Å². The smallest absolute Gasteiger partial charge is 0.265 e. The maximum Gasteiger partial charge on any atom is 0.265 e. The predicted octanol–water partition coefficient (Wildman–Crippen LogP) is 5.38. The molecule has 1 heterocycles. The Morgan fingerprint density at radius 1 is 0.931 bits per heavy atom. The topological polar surface area (TPSA) is 51.2 Å². The molecule has 0 spiro atoms. The molecule has 29 heavy (non-hydrogen) atoms. The van der Waals surface area contributed by atoms with Gasteiger partial charge in [0.25, 0.3) is 5.91 Å². The first kappa shape index (κ1) is 20.6. The average Bonchev–Trinajstić information content (AvgIpc) is 2.70. The van der Waals surface area contributed by atoms with Crippen molar-refractivity contribution in [3.8, 4) is 5.75 Å². The molecule has 1 N–H and O–H groups in total. The Balaban J connectivity index is 1.55. The first-order valence-electron chi connectivity index (χ1n) is 9.87. The SMILES string of the molecule is CC(Oc1ccc(C(C)(C)C)cc1)C(=O)Nc1ccc(Cc2ccncc2)cc1. The van der Waals surface area contributed by atoms with Crippen LogP contribution in [0.15, 0.2) is 73.1 Å². The van der Waals surface area contributed by atoms with Crippen LogP contribution in [0.25, 0.3) is 0 Å². The third-order valence-corrected chi connectivity index (χ3v) is 4.78. The van der Waals surface area contributed by atoms with Crippen LogP contribution in [-0.2, 0) is 16.6 Å². The van der Waals surface area contributed by atoms with Gasteiger partial charge >= 0.3 is 0 Å². The van der Waals surface area contributed by atoms with E-state index in [9.17, 15) is 4.79 Å². The third kappa shape index (κ3) is 5.92. The maximum absolute atomic E-state index is 12.5. The Hall–Kier alpha value is -3.14. The van der Waals surface area contributed by atoms with Crippen molar-refractivity contribution in [2.24, 2.45) is 0 Å². The number of pyridine rings is 1. The van der Waals surface area contributed by atoms with Crippen LogP contribution in [-0.4, -0.2) is 17.0 Å². The molecule has 150 valence electrons. The highest BCUT2D eigenvalue weighted by atomic mass is 16.5. The molecular weight excluding hydrogens is 360 g/mol. The van der Waals surface area contributed by atoms with Crippen molar-refractivity contribution < 1.29 is 9.53 Å². The molecule has 3 aromatic rings. The lowest BCUT2D eigenvalue weighted by Crippen LogP contribution is -2.30. The zero-order valence-electron chi connectivity index (χ0n) is 17.5. The Morgan fingerprint density at radius 2 is 1.52 bits per heavy atom. The van der Waals surface area contributed by atoms with E-state index >= 15 is 0 Å². The van der Waals surface area contributed by atoms with E-state index in [0.717, 1.165) is 12.1 Å². The largest absolute Gasteiger partial charge is 0.481 e. The molecule has 0 aliphatic carbocycles. The highest BCUT2D eigenvalue weighted by Gasteiger charge is 2.17. The minimum atomic E-state index is -0.591. The number of aromatic nitrogens is 1. The molecule has 0 bridgehead atoms. The van der Waals surface area contributed by atoms with Crippen LogP contribution >= 0.6 is 0 Å². The number of hydrogen-bond acceptors (Lipinski definition) is 3. The Bertz CT molecular complexity index is 927. The predicted molar refractivity (Wildman–Crippen MR) is 117 cm³/mol. The van der Waals surface area contributed by atoms with E-state index in [1.54, 1.807) is 19.3 Å². The van der Waals surface area contributed by atoms with Gasteiger partial charge in [0.1, 0.15) is 5.75 Å². The van der Waals surface area contributed by atoms with Crippen LogP contribution < -0.4 is 10.1 Å².